The summed E-state index contributed by atoms with van der Waals surface area (Å²) in [6.45, 7) is 4.31. The minimum atomic E-state index is -0.759. The number of carbonyl (C=O) groups excluding carboxylic acids is 1. The van der Waals surface area contributed by atoms with Gasteiger partial charge in [0.1, 0.15) is 17.8 Å². The number of hydrogen-bond donors (Lipinski definition) is 2. The van der Waals surface area contributed by atoms with Gasteiger partial charge in [-0.3, -0.25) is 0 Å². The Balaban J connectivity index is 2.53. The van der Waals surface area contributed by atoms with Gasteiger partial charge >= 0.3 is 0 Å². The van der Waals surface area contributed by atoms with E-state index in [1.54, 1.807) is 40.2 Å². The molecular weight excluding hydrogens is 320 g/mol. The van der Waals surface area contributed by atoms with Crippen molar-refractivity contribution in [3.8, 4) is 11.5 Å². The fourth-order valence-corrected chi connectivity index (χ4v) is 2.97. The molecule has 0 aliphatic carbocycles. The minimum Gasteiger partial charge on any atom is -0.507 e. The standard InChI is InChI=1S/C20H24O5/c1-12-14(10-24-3)5-7-16(19(12)22)18(9-21)17-8-6-15(11-25-4)13(2)20(17)23/h5-9,18,22-23H,10-11H2,1-4H3. The molecule has 2 rings (SSSR count). The van der Waals surface area contributed by atoms with Crippen molar-refractivity contribution in [2.45, 2.75) is 33.0 Å². The average Bonchev–Trinajstić information content (AvgIpc) is 2.60. The van der Waals surface area contributed by atoms with Crippen LogP contribution in [0.25, 0.3) is 0 Å². The number of phenolic OH excluding ortho intramolecular Hbond substituents is 2. The quantitative estimate of drug-likeness (QED) is 0.754. The van der Waals surface area contributed by atoms with E-state index in [1.165, 1.54) is 0 Å². The summed E-state index contributed by atoms with van der Waals surface area (Å²) in [5.74, 6) is -0.667. The largest absolute Gasteiger partial charge is 0.507 e. The molecule has 0 radical (unpaired) electrons. The second-order valence-corrected chi connectivity index (χ2v) is 6.05. The molecule has 0 aliphatic rings. The van der Waals surface area contributed by atoms with Crippen molar-refractivity contribution < 1.29 is 24.5 Å². The highest BCUT2D eigenvalue weighted by Gasteiger charge is 2.23. The van der Waals surface area contributed by atoms with Crippen LogP contribution in [0.1, 0.15) is 39.3 Å². The smallest absolute Gasteiger partial charge is 0.132 e. The van der Waals surface area contributed by atoms with Gasteiger partial charge in [-0.1, -0.05) is 24.3 Å². The van der Waals surface area contributed by atoms with Crippen LogP contribution in [-0.4, -0.2) is 30.7 Å². The first-order valence-corrected chi connectivity index (χ1v) is 8.02. The number of aromatic hydroxyl groups is 2. The number of hydrogen-bond acceptors (Lipinski definition) is 5. The lowest BCUT2D eigenvalue weighted by Gasteiger charge is -2.19. The van der Waals surface area contributed by atoms with E-state index in [4.69, 9.17) is 9.47 Å². The fourth-order valence-electron chi connectivity index (χ4n) is 2.97. The van der Waals surface area contributed by atoms with Gasteiger partial charge in [0.15, 0.2) is 0 Å². The van der Waals surface area contributed by atoms with Gasteiger partial charge in [0.05, 0.1) is 19.1 Å². The third-order valence-corrected chi connectivity index (χ3v) is 4.55. The third-order valence-electron chi connectivity index (χ3n) is 4.55. The van der Waals surface area contributed by atoms with Crippen molar-refractivity contribution in [1.29, 1.82) is 0 Å². The maximum atomic E-state index is 11.8. The van der Waals surface area contributed by atoms with Gasteiger partial charge in [0.25, 0.3) is 0 Å². The van der Waals surface area contributed by atoms with Crippen LogP contribution in [0.2, 0.25) is 0 Å². The van der Waals surface area contributed by atoms with Crippen LogP contribution in [0.5, 0.6) is 11.5 Å². The second kappa shape index (κ2) is 8.14. The van der Waals surface area contributed by atoms with Crippen LogP contribution in [0.15, 0.2) is 24.3 Å². The Kier molecular flexibility index (Phi) is 6.17. The topological polar surface area (TPSA) is 76.0 Å². The molecular formula is C20H24O5. The average molecular weight is 344 g/mol. The number of aldehydes is 1. The Bertz CT molecular complexity index is 706. The second-order valence-electron chi connectivity index (χ2n) is 6.05. The van der Waals surface area contributed by atoms with Gasteiger partial charge in [-0.2, -0.15) is 0 Å². The highest BCUT2D eigenvalue weighted by atomic mass is 16.5. The minimum absolute atomic E-state index is 0.0460. The molecule has 2 aromatic carbocycles. The van der Waals surface area contributed by atoms with E-state index in [0.717, 1.165) is 17.4 Å². The molecule has 134 valence electrons. The zero-order valence-electron chi connectivity index (χ0n) is 15.0. The number of methoxy groups -OCH3 is 2. The van der Waals surface area contributed by atoms with E-state index < -0.39 is 5.92 Å². The predicted molar refractivity (Wildman–Crippen MR) is 95.0 cm³/mol. The summed E-state index contributed by atoms with van der Waals surface area (Å²) in [6.07, 6.45) is 0.731. The highest BCUT2D eigenvalue weighted by Crippen LogP contribution is 2.39. The highest BCUT2D eigenvalue weighted by molar-refractivity contribution is 5.73. The molecule has 0 spiro atoms. The van der Waals surface area contributed by atoms with E-state index >= 15 is 0 Å². The first-order valence-electron chi connectivity index (χ1n) is 8.02. The molecule has 0 saturated carbocycles. The Hall–Kier alpha value is -2.37. The van der Waals surface area contributed by atoms with Crippen molar-refractivity contribution >= 4 is 6.29 Å². The molecule has 0 aromatic heterocycles. The molecule has 5 heteroatoms. The summed E-state index contributed by atoms with van der Waals surface area (Å²) in [7, 11) is 3.17. The van der Waals surface area contributed by atoms with Crippen LogP contribution in [0.4, 0.5) is 0 Å². The maximum absolute atomic E-state index is 11.8. The van der Waals surface area contributed by atoms with Gasteiger partial charge in [0.2, 0.25) is 0 Å². The van der Waals surface area contributed by atoms with E-state index in [1.807, 2.05) is 12.1 Å². The van der Waals surface area contributed by atoms with Crippen LogP contribution in [0, 0.1) is 13.8 Å². The van der Waals surface area contributed by atoms with E-state index in [-0.39, 0.29) is 11.5 Å². The molecule has 0 bridgehead atoms. The van der Waals surface area contributed by atoms with Crippen molar-refractivity contribution in [2.75, 3.05) is 14.2 Å². The molecule has 0 unspecified atom stereocenters. The van der Waals surface area contributed by atoms with Crippen molar-refractivity contribution in [3.63, 3.8) is 0 Å². The maximum Gasteiger partial charge on any atom is 0.132 e. The van der Waals surface area contributed by atoms with Gasteiger partial charge < -0.3 is 24.5 Å². The SMILES string of the molecule is COCc1ccc(C(C=O)c2ccc(COC)c(C)c2O)c(O)c1C. The Morgan fingerprint density at radius 1 is 0.880 bits per heavy atom. The summed E-state index contributed by atoms with van der Waals surface area (Å²) in [6, 6.07) is 7.06. The number of ether oxygens (including phenoxy) is 2. The lowest BCUT2D eigenvalue weighted by atomic mass is 9.87. The fraction of sp³-hybridized carbons (Fsp3) is 0.350. The first kappa shape index (κ1) is 19.0. The van der Waals surface area contributed by atoms with Crippen molar-refractivity contribution in [2.24, 2.45) is 0 Å². The Morgan fingerprint density at radius 3 is 1.60 bits per heavy atom. The molecule has 0 fully saturated rings. The number of benzene rings is 2. The summed E-state index contributed by atoms with van der Waals surface area (Å²) < 4.78 is 10.2. The van der Waals surface area contributed by atoms with E-state index in [0.29, 0.717) is 35.5 Å². The molecule has 2 N–H and O–H groups in total. The molecule has 0 amide bonds. The lowest BCUT2D eigenvalue weighted by molar-refractivity contribution is -0.108. The van der Waals surface area contributed by atoms with E-state index in [9.17, 15) is 15.0 Å². The van der Waals surface area contributed by atoms with Crippen LogP contribution < -0.4 is 0 Å². The molecule has 0 saturated heterocycles. The molecule has 5 nitrogen and oxygen atoms in total. The Labute approximate surface area is 147 Å². The van der Waals surface area contributed by atoms with Crippen LogP contribution in [-0.2, 0) is 27.5 Å². The van der Waals surface area contributed by atoms with Crippen LogP contribution >= 0.6 is 0 Å². The number of carbonyl (C=O) groups is 1. The lowest BCUT2D eigenvalue weighted by Crippen LogP contribution is -2.07. The van der Waals surface area contributed by atoms with Gasteiger partial charge in [-0.15, -0.1) is 0 Å². The first-order chi connectivity index (χ1) is 12.0. The molecule has 0 heterocycles. The zero-order valence-corrected chi connectivity index (χ0v) is 15.0. The summed E-state index contributed by atoms with van der Waals surface area (Å²) in [5, 5.41) is 21.1. The number of rotatable bonds is 7. The molecule has 2 aromatic rings. The molecule has 0 atom stereocenters. The van der Waals surface area contributed by atoms with Crippen LogP contribution in [0.3, 0.4) is 0 Å². The number of phenols is 2. The van der Waals surface area contributed by atoms with Gasteiger partial charge in [-0.25, -0.2) is 0 Å². The summed E-state index contributed by atoms with van der Waals surface area (Å²) in [4.78, 5) is 11.8. The van der Waals surface area contributed by atoms with Gasteiger partial charge in [0, 0.05) is 25.3 Å². The van der Waals surface area contributed by atoms with Gasteiger partial charge in [-0.05, 0) is 36.1 Å². The Morgan fingerprint density at radius 2 is 1.28 bits per heavy atom. The normalized spacial score (nSPS) is 11.1. The third kappa shape index (κ3) is 3.67. The zero-order chi connectivity index (χ0) is 18.6. The molecule has 0 aliphatic heterocycles. The predicted octanol–water partition coefficient (Wildman–Crippen LogP) is 3.34. The summed E-state index contributed by atoms with van der Waals surface area (Å²) in [5.41, 5.74) is 3.95. The van der Waals surface area contributed by atoms with E-state index in [2.05, 4.69) is 0 Å². The van der Waals surface area contributed by atoms with Crippen molar-refractivity contribution in [3.05, 3.63) is 57.6 Å². The molecule has 25 heavy (non-hydrogen) atoms. The monoisotopic (exact) mass is 344 g/mol. The summed E-state index contributed by atoms with van der Waals surface area (Å²) >= 11 is 0. The van der Waals surface area contributed by atoms with Crippen molar-refractivity contribution in [1.82, 2.24) is 0 Å².